The van der Waals surface area contributed by atoms with Crippen molar-refractivity contribution >= 4 is 25.9 Å². The smallest absolute Gasteiger partial charge is 0.373 e. The number of nitrogens with zero attached hydrogens (tertiary/aromatic N) is 3. The van der Waals surface area contributed by atoms with Crippen molar-refractivity contribution in [3.63, 3.8) is 0 Å². The lowest BCUT2D eigenvalue weighted by atomic mass is 10.3. The van der Waals surface area contributed by atoms with Crippen LogP contribution in [0.4, 0.5) is 0 Å². The summed E-state index contributed by atoms with van der Waals surface area (Å²) < 4.78 is 16.3. The van der Waals surface area contributed by atoms with Crippen LogP contribution in [0.5, 0.6) is 0 Å². The van der Waals surface area contributed by atoms with Crippen molar-refractivity contribution in [1.29, 1.82) is 0 Å². The van der Waals surface area contributed by atoms with Gasteiger partial charge in [0.25, 0.3) is 0 Å². The fourth-order valence-electron chi connectivity index (χ4n) is 0.726. The lowest BCUT2D eigenvalue weighted by molar-refractivity contribution is 0.0723. The highest BCUT2D eigenvalue weighted by molar-refractivity contribution is 6.59. The van der Waals surface area contributed by atoms with Crippen molar-refractivity contribution in [3.8, 4) is 0 Å². The molecule has 0 saturated carbocycles. The third-order valence-corrected chi connectivity index (χ3v) is 3.91. The van der Waals surface area contributed by atoms with Gasteiger partial charge in [0.05, 0.1) is 17.1 Å². The molecule has 0 rings (SSSR count). The van der Waals surface area contributed by atoms with E-state index in [0.717, 1.165) is 36.4 Å². The molecule has 0 aromatic heterocycles. The monoisotopic (exact) mass is 301 g/mol. The van der Waals surface area contributed by atoms with Crippen LogP contribution in [-0.4, -0.2) is 25.9 Å². The molecule has 0 aliphatic rings. The highest BCUT2D eigenvalue weighted by Gasteiger charge is 2.45. The first-order valence-corrected chi connectivity index (χ1v) is 9.24. The molecule has 0 aliphatic heterocycles. The van der Waals surface area contributed by atoms with E-state index < -0.39 is 8.80 Å². The van der Waals surface area contributed by atoms with E-state index in [1.165, 1.54) is 0 Å². The maximum Gasteiger partial charge on any atom is 0.759 e. The Morgan fingerprint density at radius 2 is 0.950 bits per heavy atom. The average Bonchev–Trinajstić information content (AvgIpc) is 2.47. The van der Waals surface area contributed by atoms with E-state index in [-0.39, 0.29) is 0 Å². The zero-order valence-electron chi connectivity index (χ0n) is 13.7. The molecule has 0 aromatic carbocycles. The van der Waals surface area contributed by atoms with Crippen molar-refractivity contribution in [2.45, 2.75) is 67.4 Å². The van der Waals surface area contributed by atoms with Crippen LogP contribution in [0.3, 0.4) is 0 Å². The Bertz CT molecular complexity index is 326. The van der Waals surface area contributed by atoms with Gasteiger partial charge in [-0.2, -0.15) is 0 Å². The highest BCUT2D eigenvalue weighted by Crippen LogP contribution is 2.12. The van der Waals surface area contributed by atoms with Crippen molar-refractivity contribution in [2.24, 2.45) is 15.5 Å². The lowest BCUT2D eigenvalue weighted by Gasteiger charge is -2.18. The van der Waals surface area contributed by atoms with Crippen molar-refractivity contribution in [3.05, 3.63) is 0 Å². The van der Waals surface area contributed by atoms with Crippen LogP contribution in [0.15, 0.2) is 15.5 Å². The molecule has 0 radical (unpaired) electrons. The van der Waals surface area contributed by atoms with E-state index in [0.29, 0.717) is 0 Å². The standard InChI is InChI=1S/C13H27N3O3Si/c1-8-11(4)14-17-20(7,18-15-12(5)9-2)19-16-13(6)10-3/h8-10H2,1-7H3/b14-11-,15-12-,16-13-. The molecule has 0 atom stereocenters. The van der Waals surface area contributed by atoms with Gasteiger partial charge in [0.1, 0.15) is 0 Å². The quantitative estimate of drug-likeness (QED) is 0.368. The number of hydrogen-bond donors (Lipinski definition) is 0. The second-order valence-electron chi connectivity index (χ2n) is 4.68. The Balaban J connectivity index is 4.92. The number of hydrogen-bond acceptors (Lipinski definition) is 6. The summed E-state index contributed by atoms with van der Waals surface area (Å²) in [6, 6.07) is 0. The van der Waals surface area contributed by atoms with Crippen LogP contribution in [0.2, 0.25) is 6.55 Å². The first-order valence-electron chi connectivity index (χ1n) is 7.01. The molecule has 6 nitrogen and oxygen atoms in total. The Morgan fingerprint density at radius 3 is 1.15 bits per heavy atom. The maximum atomic E-state index is 5.44. The number of rotatable bonds is 9. The number of oxime groups is 3. The van der Waals surface area contributed by atoms with Crippen LogP contribution < -0.4 is 0 Å². The largest absolute Gasteiger partial charge is 0.759 e. The topological polar surface area (TPSA) is 64.8 Å². The maximum absolute atomic E-state index is 5.44. The molecular weight excluding hydrogens is 274 g/mol. The summed E-state index contributed by atoms with van der Waals surface area (Å²) >= 11 is 0. The molecule has 0 aliphatic carbocycles. The van der Waals surface area contributed by atoms with Crippen LogP contribution in [-0.2, 0) is 13.6 Å². The molecule has 0 unspecified atom stereocenters. The molecule has 0 amide bonds. The first-order chi connectivity index (χ1) is 9.36. The van der Waals surface area contributed by atoms with Crippen molar-refractivity contribution < 1.29 is 13.6 Å². The predicted octanol–water partition coefficient (Wildman–Crippen LogP) is 3.96. The van der Waals surface area contributed by atoms with Gasteiger partial charge in [-0.3, -0.25) is 0 Å². The second-order valence-corrected chi connectivity index (χ2v) is 6.95. The lowest BCUT2D eigenvalue weighted by Crippen LogP contribution is -2.38. The summed E-state index contributed by atoms with van der Waals surface area (Å²) in [5.41, 5.74) is 2.59. The summed E-state index contributed by atoms with van der Waals surface area (Å²) in [6.45, 7) is 13.4. The summed E-state index contributed by atoms with van der Waals surface area (Å²) in [4.78, 5) is 0. The predicted molar refractivity (Wildman–Crippen MR) is 85.1 cm³/mol. The highest BCUT2D eigenvalue weighted by atomic mass is 28.4. The van der Waals surface area contributed by atoms with Gasteiger partial charge in [-0.25, -0.2) is 0 Å². The molecule has 0 fully saturated rings. The van der Waals surface area contributed by atoms with Crippen LogP contribution >= 0.6 is 0 Å². The SMILES string of the molecule is CC/C(C)=N\O[Si](C)(O/N=C(/C)CC)O/N=C(/C)CC. The van der Waals surface area contributed by atoms with Crippen LogP contribution in [0.1, 0.15) is 60.8 Å². The van der Waals surface area contributed by atoms with E-state index in [2.05, 4.69) is 15.5 Å². The molecule has 116 valence electrons. The van der Waals surface area contributed by atoms with E-state index in [4.69, 9.17) is 13.6 Å². The minimum Gasteiger partial charge on any atom is -0.373 e. The second kappa shape index (κ2) is 9.52. The normalized spacial score (nSPS) is 14.2. The van der Waals surface area contributed by atoms with Gasteiger partial charge in [0.2, 0.25) is 0 Å². The van der Waals surface area contributed by atoms with Gasteiger partial charge in [-0.1, -0.05) is 20.8 Å². The van der Waals surface area contributed by atoms with Crippen LogP contribution in [0.25, 0.3) is 0 Å². The minimum absolute atomic E-state index is 0.805. The molecule has 0 saturated heterocycles. The van der Waals surface area contributed by atoms with Gasteiger partial charge in [0, 0.05) is 6.55 Å². The third-order valence-electron chi connectivity index (χ3n) is 2.64. The average molecular weight is 301 g/mol. The van der Waals surface area contributed by atoms with Crippen LogP contribution in [0, 0.1) is 0 Å². The minimum atomic E-state index is -3.05. The molecular formula is C13H27N3O3Si. The van der Waals surface area contributed by atoms with Gasteiger partial charge in [-0.15, -0.1) is 15.5 Å². The summed E-state index contributed by atoms with van der Waals surface area (Å²) in [5, 5.41) is 12.0. The Hall–Kier alpha value is -1.37. The van der Waals surface area contributed by atoms with E-state index in [1.54, 1.807) is 6.55 Å². The van der Waals surface area contributed by atoms with E-state index in [9.17, 15) is 0 Å². The molecule has 0 bridgehead atoms. The van der Waals surface area contributed by atoms with Gasteiger partial charge in [0.15, 0.2) is 0 Å². The van der Waals surface area contributed by atoms with E-state index in [1.807, 2.05) is 41.5 Å². The van der Waals surface area contributed by atoms with Gasteiger partial charge in [-0.05, 0) is 40.0 Å². The van der Waals surface area contributed by atoms with Crippen molar-refractivity contribution in [2.75, 3.05) is 0 Å². The van der Waals surface area contributed by atoms with Crippen molar-refractivity contribution in [1.82, 2.24) is 0 Å². The summed E-state index contributed by atoms with van der Waals surface area (Å²) in [6.07, 6.45) is 2.41. The Morgan fingerprint density at radius 1 is 0.700 bits per heavy atom. The summed E-state index contributed by atoms with van der Waals surface area (Å²) in [5.74, 6) is 0. The molecule has 0 heterocycles. The summed E-state index contributed by atoms with van der Waals surface area (Å²) in [7, 11) is -3.05. The van der Waals surface area contributed by atoms with Gasteiger partial charge < -0.3 is 13.6 Å². The molecule has 20 heavy (non-hydrogen) atoms. The van der Waals surface area contributed by atoms with E-state index >= 15 is 0 Å². The Labute approximate surface area is 123 Å². The molecule has 7 heteroatoms. The fraction of sp³-hybridized carbons (Fsp3) is 0.769. The molecule has 0 aromatic rings. The van der Waals surface area contributed by atoms with Gasteiger partial charge >= 0.3 is 8.80 Å². The zero-order chi connectivity index (χ0) is 15.6. The molecule has 0 N–H and O–H groups in total. The first kappa shape index (κ1) is 18.6. The zero-order valence-corrected chi connectivity index (χ0v) is 14.7. The fourth-order valence-corrected chi connectivity index (χ4v) is 1.79. The third kappa shape index (κ3) is 7.93. The molecule has 0 spiro atoms. The Kier molecular flexibility index (Phi) is 8.86.